The van der Waals surface area contributed by atoms with E-state index < -0.39 is 0 Å². The van der Waals surface area contributed by atoms with Gasteiger partial charge in [0.25, 0.3) is 5.56 Å². The van der Waals surface area contributed by atoms with E-state index in [9.17, 15) is 4.79 Å². The Bertz CT molecular complexity index is 301. The SMILES string of the molecule is O=c1ccccn1N1CCC1. The molecule has 0 atom stereocenters. The molecule has 0 radical (unpaired) electrons. The molecule has 58 valence electrons. The van der Waals surface area contributed by atoms with Crippen molar-refractivity contribution in [2.45, 2.75) is 6.42 Å². The third kappa shape index (κ3) is 1.02. The van der Waals surface area contributed by atoms with E-state index in [1.165, 1.54) is 6.42 Å². The van der Waals surface area contributed by atoms with Crippen molar-refractivity contribution in [1.82, 2.24) is 4.68 Å². The highest BCUT2D eigenvalue weighted by atomic mass is 16.1. The van der Waals surface area contributed by atoms with Gasteiger partial charge in [0.15, 0.2) is 0 Å². The van der Waals surface area contributed by atoms with Crippen molar-refractivity contribution < 1.29 is 0 Å². The van der Waals surface area contributed by atoms with Gasteiger partial charge in [0, 0.05) is 25.4 Å². The van der Waals surface area contributed by atoms with Crippen LogP contribution in [0.4, 0.5) is 0 Å². The zero-order valence-corrected chi connectivity index (χ0v) is 6.23. The zero-order chi connectivity index (χ0) is 7.68. The monoisotopic (exact) mass is 150 g/mol. The summed E-state index contributed by atoms with van der Waals surface area (Å²) in [7, 11) is 0. The summed E-state index contributed by atoms with van der Waals surface area (Å²) in [5.74, 6) is 0. The van der Waals surface area contributed by atoms with Gasteiger partial charge in [-0.05, 0) is 12.5 Å². The van der Waals surface area contributed by atoms with Crippen molar-refractivity contribution in [3.8, 4) is 0 Å². The molecule has 1 aromatic heterocycles. The van der Waals surface area contributed by atoms with Crippen LogP contribution in [0.15, 0.2) is 29.2 Å². The summed E-state index contributed by atoms with van der Waals surface area (Å²) < 4.78 is 1.67. The molecule has 1 aliphatic rings. The molecule has 0 amide bonds. The molecule has 0 aromatic carbocycles. The average molecular weight is 150 g/mol. The van der Waals surface area contributed by atoms with Crippen LogP contribution in [-0.2, 0) is 0 Å². The Morgan fingerprint density at radius 2 is 2.09 bits per heavy atom. The first-order valence-electron chi connectivity index (χ1n) is 3.81. The summed E-state index contributed by atoms with van der Waals surface area (Å²) in [6, 6.07) is 5.22. The van der Waals surface area contributed by atoms with Crippen LogP contribution >= 0.6 is 0 Å². The lowest BCUT2D eigenvalue weighted by atomic mass is 10.3. The van der Waals surface area contributed by atoms with Gasteiger partial charge < -0.3 is 5.01 Å². The molecule has 3 heteroatoms. The van der Waals surface area contributed by atoms with Crippen molar-refractivity contribution in [2.24, 2.45) is 0 Å². The molecule has 0 spiro atoms. The van der Waals surface area contributed by atoms with Gasteiger partial charge in [0.1, 0.15) is 0 Å². The van der Waals surface area contributed by atoms with E-state index in [4.69, 9.17) is 0 Å². The molecular weight excluding hydrogens is 140 g/mol. The van der Waals surface area contributed by atoms with Crippen LogP contribution in [0.2, 0.25) is 0 Å². The normalized spacial score (nSPS) is 16.2. The minimum absolute atomic E-state index is 0.0622. The van der Waals surface area contributed by atoms with Gasteiger partial charge in [-0.3, -0.25) is 4.79 Å². The van der Waals surface area contributed by atoms with Gasteiger partial charge >= 0.3 is 0 Å². The van der Waals surface area contributed by atoms with Gasteiger partial charge in [-0.25, -0.2) is 4.68 Å². The first-order chi connectivity index (χ1) is 5.38. The lowest BCUT2D eigenvalue weighted by Crippen LogP contribution is -2.50. The first-order valence-corrected chi connectivity index (χ1v) is 3.81. The maximum Gasteiger partial charge on any atom is 0.268 e. The molecule has 1 aromatic rings. The van der Waals surface area contributed by atoms with Crippen LogP contribution in [0, 0.1) is 0 Å². The van der Waals surface area contributed by atoms with Crippen molar-refractivity contribution in [3.05, 3.63) is 34.7 Å². The average Bonchev–Trinajstić information content (AvgIpc) is 1.90. The summed E-state index contributed by atoms with van der Waals surface area (Å²) in [5.41, 5.74) is 0.0622. The molecule has 0 saturated carbocycles. The zero-order valence-electron chi connectivity index (χ0n) is 6.23. The molecule has 0 bridgehead atoms. The highest BCUT2D eigenvalue weighted by Gasteiger charge is 2.13. The predicted molar refractivity (Wildman–Crippen MR) is 43.3 cm³/mol. The first kappa shape index (κ1) is 6.46. The Hall–Kier alpha value is -1.25. The molecular formula is C8H10N2O. The van der Waals surface area contributed by atoms with E-state index in [0.717, 1.165) is 13.1 Å². The summed E-state index contributed by atoms with van der Waals surface area (Å²) >= 11 is 0. The van der Waals surface area contributed by atoms with Crippen LogP contribution in [0.5, 0.6) is 0 Å². The Morgan fingerprint density at radius 1 is 1.27 bits per heavy atom. The molecule has 1 aliphatic heterocycles. The quantitative estimate of drug-likeness (QED) is 0.571. The summed E-state index contributed by atoms with van der Waals surface area (Å²) in [6.07, 6.45) is 3.00. The molecule has 0 N–H and O–H groups in total. The second-order valence-electron chi connectivity index (χ2n) is 2.69. The summed E-state index contributed by atoms with van der Waals surface area (Å²) in [4.78, 5) is 11.2. The smallest absolute Gasteiger partial charge is 0.268 e. The van der Waals surface area contributed by atoms with Crippen LogP contribution in [-0.4, -0.2) is 17.8 Å². The molecule has 3 nitrogen and oxygen atoms in total. The molecule has 1 saturated heterocycles. The standard InChI is InChI=1S/C8H10N2O/c11-8-4-1-2-7-10(8)9-5-3-6-9/h1-2,4,7H,3,5-6H2. The van der Waals surface area contributed by atoms with Gasteiger partial charge in [-0.1, -0.05) is 6.07 Å². The van der Waals surface area contributed by atoms with E-state index in [0.29, 0.717) is 0 Å². The van der Waals surface area contributed by atoms with Gasteiger partial charge in [-0.2, -0.15) is 0 Å². The van der Waals surface area contributed by atoms with Crippen LogP contribution in [0.25, 0.3) is 0 Å². The third-order valence-electron chi connectivity index (χ3n) is 1.94. The number of hydrogen-bond donors (Lipinski definition) is 0. The highest BCUT2D eigenvalue weighted by Crippen LogP contribution is 2.01. The molecule has 0 aliphatic carbocycles. The maximum absolute atomic E-state index is 11.2. The number of pyridine rings is 1. The van der Waals surface area contributed by atoms with Gasteiger partial charge in [-0.15, -0.1) is 0 Å². The number of rotatable bonds is 1. The minimum atomic E-state index is 0.0622. The summed E-state index contributed by atoms with van der Waals surface area (Å²) in [5, 5.41) is 2.03. The van der Waals surface area contributed by atoms with E-state index in [1.807, 2.05) is 17.3 Å². The molecule has 2 rings (SSSR count). The van der Waals surface area contributed by atoms with E-state index in [2.05, 4.69) is 0 Å². The number of aromatic nitrogens is 1. The summed E-state index contributed by atoms with van der Waals surface area (Å²) in [6.45, 7) is 2.01. The third-order valence-corrected chi connectivity index (χ3v) is 1.94. The second-order valence-corrected chi connectivity index (χ2v) is 2.69. The Kier molecular flexibility index (Phi) is 1.42. The van der Waals surface area contributed by atoms with Gasteiger partial charge in [0.05, 0.1) is 0 Å². The molecule has 11 heavy (non-hydrogen) atoms. The van der Waals surface area contributed by atoms with Crippen LogP contribution in [0.1, 0.15) is 6.42 Å². The highest BCUT2D eigenvalue weighted by molar-refractivity contribution is 5.01. The van der Waals surface area contributed by atoms with E-state index in [-0.39, 0.29) is 5.56 Å². The lowest BCUT2D eigenvalue weighted by Gasteiger charge is -2.33. The van der Waals surface area contributed by atoms with Crippen molar-refractivity contribution >= 4 is 0 Å². The van der Waals surface area contributed by atoms with Crippen molar-refractivity contribution in [1.29, 1.82) is 0 Å². The fraction of sp³-hybridized carbons (Fsp3) is 0.375. The Balaban J connectivity index is 2.36. The van der Waals surface area contributed by atoms with Crippen molar-refractivity contribution in [2.75, 3.05) is 18.1 Å². The maximum atomic E-state index is 11.2. The fourth-order valence-corrected chi connectivity index (χ4v) is 1.17. The van der Waals surface area contributed by atoms with Crippen LogP contribution < -0.4 is 10.6 Å². The number of hydrogen-bond acceptors (Lipinski definition) is 2. The molecule has 1 fully saturated rings. The second kappa shape index (κ2) is 2.42. The predicted octanol–water partition coefficient (Wildman–Crippen LogP) is 0.190. The lowest BCUT2D eigenvalue weighted by molar-refractivity contribution is 0.460. The minimum Gasteiger partial charge on any atom is -0.310 e. The Labute approximate surface area is 64.8 Å². The van der Waals surface area contributed by atoms with E-state index >= 15 is 0 Å². The van der Waals surface area contributed by atoms with Crippen molar-refractivity contribution in [3.63, 3.8) is 0 Å². The molecule has 2 heterocycles. The largest absolute Gasteiger partial charge is 0.310 e. The number of nitrogens with zero attached hydrogens (tertiary/aromatic N) is 2. The van der Waals surface area contributed by atoms with Gasteiger partial charge in [0.2, 0.25) is 0 Å². The van der Waals surface area contributed by atoms with Crippen LogP contribution in [0.3, 0.4) is 0 Å². The molecule has 0 unspecified atom stereocenters. The Morgan fingerprint density at radius 3 is 2.64 bits per heavy atom. The fourth-order valence-electron chi connectivity index (χ4n) is 1.17. The van der Waals surface area contributed by atoms with E-state index in [1.54, 1.807) is 16.8 Å². The topological polar surface area (TPSA) is 25.2 Å².